The molecular formula is C8H11BrN2S. The molecule has 2 nitrogen and oxygen atoms in total. The fraction of sp³-hybridized carbons (Fsp3) is 0.375. The third-order valence-electron chi connectivity index (χ3n) is 1.42. The first-order valence-corrected chi connectivity index (χ1v) is 5.33. The highest BCUT2D eigenvalue weighted by atomic mass is 79.9. The average Bonchev–Trinajstić information content (AvgIpc) is 2.51. The van der Waals surface area contributed by atoms with E-state index in [0.29, 0.717) is 6.04 Å². The highest BCUT2D eigenvalue weighted by Crippen LogP contribution is 2.14. The zero-order valence-electron chi connectivity index (χ0n) is 6.88. The third kappa shape index (κ3) is 3.05. The van der Waals surface area contributed by atoms with Crippen LogP contribution < -0.4 is 5.32 Å². The summed E-state index contributed by atoms with van der Waals surface area (Å²) in [4.78, 5) is 4.21. The molecule has 1 rings (SSSR count). The van der Waals surface area contributed by atoms with Crippen LogP contribution in [0.4, 0.5) is 0 Å². The molecule has 1 aromatic rings. The summed E-state index contributed by atoms with van der Waals surface area (Å²) in [5.41, 5.74) is 0. The van der Waals surface area contributed by atoms with Crippen LogP contribution in [-0.4, -0.2) is 11.5 Å². The Labute approximate surface area is 84.8 Å². The Balaban J connectivity index is 2.39. The van der Waals surface area contributed by atoms with Crippen molar-refractivity contribution >= 4 is 27.3 Å². The first-order chi connectivity index (χ1) is 5.70. The van der Waals surface area contributed by atoms with Crippen LogP contribution in [0.3, 0.4) is 0 Å². The Kier molecular flexibility index (Phi) is 3.91. The van der Waals surface area contributed by atoms with Crippen molar-refractivity contribution in [2.24, 2.45) is 0 Å². The zero-order chi connectivity index (χ0) is 8.97. The van der Waals surface area contributed by atoms with Gasteiger partial charge in [0.15, 0.2) is 0 Å². The molecule has 0 aliphatic heterocycles. The minimum atomic E-state index is 0.305. The Morgan fingerprint density at radius 1 is 1.92 bits per heavy atom. The minimum Gasteiger partial charge on any atom is -0.304 e. The molecule has 1 heterocycles. The molecule has 1 unspecified atom stereocenters. The van der Waals surface area contributed by atoms with Crippen LogP contribution in [0, 0.1) is 0 Å². The topological polar surface area (TPSA) is 24.9 Å². The summed E-state index contributed by atoms with van der Waals surface area (Å²) in [5, 5.41) is 6.38. The number of aromatic nitrogens is 1. The van der Waals surface area contributed by atoms with Gasteiger partial charge in [0.1, 0.15) is 5.01 Å². The molecule has 66 valence electrons. The lowest BCUT2D eigenvalue weighted by molar-refractivity contribution is 0.612. The van der Waals surface area contributed by atoms with Gasteiger partial charge in [0, 0.05) is 22.6 Å². The number of nitrogens with zero attached hydrogens (tertiary/aromatic N) is 1. The van der Waals surface area contributed by atoms with Crippen molar-refractivity contribution in [2.75, 3.05) is 6.54 Å². The summed E-state index contributed by atoms with van der Waals surface area (Å²) in [6.07, 6.45) is 1.82. The van der Waals surface area contributed by atoms with Crippen molar-refractivity contribution in [3.63, 3.8) is 0 Å². The van der Waals surface area contributed by atoms with Gasteiger partial charge in [-0.3, -0.25) is 0 Å². The van der Waals surface area contributed by atoms with E-state index in [9.17, 15) is 0 Å². The number of rotatable bonds is 4. The Bertz CT molecular complexity index is 246. The molecule has 1 aromatic heterocycles. The lowest BCUT2D eigenvalue weighted by Crippen LogP contribution is -2.19. The van der Waals surface area contributed by atoms with E-state index in [-0.39, 0.29) is 0 Å². The van der Waals surface area contributed by atoms with Crippen LogP contribution in [0.1, 0.15) is 18.0 Å². The maximum absolute atomic E-state index is 4.21. The molecule has 0 radical (unpaired) electrons. The fourth-order valence-electron chi connectivity index (χ4n) is 0.799. The van der Waals surface area contributed by atoms with E-state index in [1.165, 1.54) is 0 Å². The molecule has 0 saturated carbocycles. The molecule has 0 bridgehead atoms. The summed E-state index contributed by atoms with van der Waals surface area (Å²) in [6.45, 7) is 6.62. The molecule has 0 aromatic carbocycles. The maximum atomic E-state index is 4.21. The molecule has 1 atom stereocenters. The standard InChI is InChI=1S/C8H11BrN2S/c1-6(9)5-11-7(2)8-10-3-4-12-8/h3-4,7,11H,1,5H2,2H3. The smallest absolute Gasteiger partial charge is 0.109 e. The number of hydrogen-bond acceptors (Lipinski definition) is 3. The van der Waals surface area contributed by atoms with Crippen LogP contribution in [-0.2, 0) is 0 Å². The summed E-state index contributed by atoms with van der Waals surface area (Å²) in [7, 11) is 0. The molecule has 12 heavy (non-hydrogen) atoms. The molecular weight excluding hydrogens is 236 g/mol. The number of nitrogens with one attached hydrogen (secondary N) is 1. The van der Waals surface area contributed by atoms with Gasteiger partial charge in [-0.25, -0.2) is 4.98 Å². The van der Waals surface area contributed by atoms with Gasteiger partial charge in [0.05, 0.1) is 6.04 Å². The zero-order valence-corrected chi connectivity index (χ0v) is 9.28. The van der Waals surface area contributed by atoms with Crippen LogP contribution in [0.15, 0.2) is 22.6 Å². The van der Waals surface area contributed by atoms with Crippen molar-refractivity contribution in [1.82, 2.24) is 10.3 Å². The molecule has 0 saturated heterocycles. The largest absolute Gasteiger partial charge is 0.304 e. The summed E-state index contributed by atoms with van der Waals surface area (Å²) in [5.74, 6) is 0. The minimum absolute atomic E-state index is 0.305. The highest BCUT2D eigenvalue weighted by Gasteiger charge is 2.05. The molecule has 4 heteroatoms. The van der Waals surface area contributed by atoms with Gasteiger partial charge in [0.25, 0.3) is 0 Å². The van der Waals surface area contributed by atoms with Crippen molar-refractivity contribution < 1.29 is 0 Å². The maximum Gasteiger partial charge on any atom is 0.109 e. The SMILES string of the molecule is C=C(Br)CNC(C)c1nccs1. The predicted molar refractivity (Wildman–Crippen MR) is 56.6 cm³/mol. The second-order valence-corrected chi connectivity index (χ2v) is 4.54. The van der Waals surface area contributed by atoms with E-state index < -0.39 is 0 Å². The van der Waals surface area contributed by atoms with Crippen LogP contribution in [0.5, 0.6) is 0 Å². The third-order valence-corrected chi connectivity index (χ3v) is 2.66. The van der Waals surface area contributed by atoms with E-state index in [4.69, 9.17) is 0 Å². The number of hydrogen-bond donors (Lipinski definition) is 1. The van der Waals surface area contributed by atoms with Crippen LogP contribution >= 0.6 is 27.3 Å². The van der Waals surface area contributed by atoms with Crippen molar-refractivity contribution in [3.05, 3.63) is 27.6 Å². The number of halogens is 1. The lowest BCUT2D eigenvalue weighted by Gasteiger charge is -2.09. The van der Waals surface area contributed by atoms with Crippen molar-refractivity contribution in [1.29, 1.82) is 0 Å². The van der Waals surface area contributed by atoms with Crippen molar-refractivity contribution in [2.45, 2.75) is 13.0 Å². The molecule has 1 N–H and O–H groups in total. The van der Waals surface area contributed by atoms with E-state index in [1.54, 1.807) is 11.3 Å². The first kappa shape index (κ1) is 9.89. The summed E-state index contributed by atoms with van der Waals surface area (Å²) in [6, 6.07) is 0.305. The van der Waals surface area contributed by atoms with Gasteiger partial charge in [-0.05, 0) is 6.92 Å². The predicted octanol–water partition coefficient (Wildman–Crippen LogP) is 2.70. The normalized spacial score (nSPS) is 12.8. The molecule has 0 fully saturated rings. The van der Waals surface area contributed by atoms with Gasteiger partial charge < -0.3 is 5.32 Å². The Morgan fingerprint density at radius 2 is 2.67 bits per heavy atom. The lowest BCUT2D eigenvalue weighted by atomic mass is 10.3. The van der Waals surface area contributed by atoms with Crippen LogP contribution in [0.2, 0.25) is 0 Å². The van der Waals surface area contributed by atoms with Gasteiger partial charge in [0.2, 0.25) is 0 Å². The Morgan fingerprint density at radius 3 is 3.17 bits per heavy atom. The Hall–Kier alpha value is -0.190. The quantitative estimate of drug-likeness (QED) is 0.884. The number of thiazole rings is 1. The average molecular weight is 247 g/mol. The molecule has 0 aliphatic rings. The van der Waals surface area contributed by atoms with E-state index in [2.05, 4.69) is 39.7 Å². The monoisotopic (exact) mass is 246 g/mol. The molecule has 0 aliphatic carbocycles. The van der Waals surface area contributed by atoms with E-state index in [1.807, 2.05) is 11.6 Å². The second-order valence-electron chi connectivity index (χ2n) is 2.49. The highest BCUT2D eigenvalue weighted by molar-refractivity contribution is 9.11. The van der Waals surface area contributed by atoms with Gasteiger partial charge in [-0.15, -0.1) is 11.3 Å². The fourth-order valence-corrected chi connectivity index (χ4v) is 1.63. The molecule has 0 spiro atoms. The van der Waals surface area contributed by atoms with Gasteiger partial charge >= 0.3 is 0 Å². The van der Waals surface area contributed by atoms with Crippen molar-refractivity contribution in [3.8, 4) is 0 Å². The molecule has 0 amide bonds. The summed E-state index contributed by atoms with van der Waals surface area (Å²) < 4.78 is 0.964. The summed E-state index contributed by atoms with van der Waals surface area (Å²) >= 11 is 4.96. The van der Waals surface area contributed by atoms with E-state index >= 15 is 0 Å². The van der Waals surface area contributed by atoms with Gasteiger partial charge in [-0.1, -0.05) is 22.5 Å². The van der Waals surface area contributed by atoms with Crippen LogP contribution in [0.25, 0.3) is 0 Å². The van der Waals surface area contributed by atoms with E-state index in [0.717, 1.165) is 16.0 Å². The first-order valence-electron chi connectivity index (χ1n) is 3.66. The van der Waals surface area contributed by atoms with Gasteiger partial charge in [-0.2, -0.15) is 0 Å². The second kappa shape index (κ2) is 4.74.